The van der Waals surface area contributed by atoms with E-state index in [1.54, 1.807) is 7.11 Å². The first-order valence-corrected chi connectivity index (χ1v) is 8.94. The molecule has 4 aliphatic rings. The summed E-state index contributed by atoms with van der Waals surface area (Å²) in [5, 5.41) is 20.6. The average Bonchev–Trinajstić information content (AvgIpc) is 2.83. The van der Waals surface area contributed by atoms with E-state index in [0.717, 1.165) is 31.4 Å². The molecule has 6 atom stereocenters. The molecule has 0 radical (unpaired) electrons. The molecular weight excluding hydrogens is 288 g/mol. The van der Waals surface area contributed by atoms with Gasteiger partial charge in [-0.05, 0) is 55.6 Å². The second kappa shape index (κ2) is 4.97. The van der Waals surface area contributed by atoms with Gasteiger partial charge in [-0.1, -0.05) is 31.6 Å². The van der Waals surface area contributed by atoms with Crippen molar-refractivity contribution >= 4 is 0 Å². The first-order valence-electron chi connectivity index (χ1n) is 8.94. The molecule has 0 unspecified atom stereocenters. The van der Waals surface area contributed by atoms with E-state index < -0.39 is 0 Å². The van der Waals surface area contributed by atoms with Crippen LogP contribution in [0.5, 0.6) is 0 Å². The summed E-state index contributed by atoms with van der Waals surface area (Å²) in [6.45, 7) is 4.57. The Morgan fingerprint density at radius 1 is 1.13 bits per heavy atom. The molecule has 2 saturated carbocycles. The molecule has 3 heteroatoms. The highest BCUT2D eigenvalue weighted by molar-refractivity contribution is 5.45. The van der Waals surface area contributed by atoms with Gasteiger partial charge in [-0.15, -0.1) is 0 Å². The number of hydrogen-bond donors (Lipinski definition) is 2. The lowest BCUT2D eigenvalue weighted by Gasteiger charge is -2.53. The molecule has 0 amide bonds. The summed E-state index contributed by atoms with van der Waals surface area (Å²) in [6.07, 6.45) is 10.6. The van der Waals surface area contributed by atoms with Crippen LogP contribution in [0.15, 0.2) is 35.1 Å². The third kappa shape index (κ3) is 1.96. The Labute approximate surface area is 138 Å². The smallest absolute Gasteiger partial charge is 0.118 e. The van der Waals surface area contributed by atoms with Crippen LogP contribution in [0.1, 0.15) is 46.0 Å². The Hall–Kier alpha value is -1.06. The summed E-state index contributed by atoms with van der Waals surface area (Å²) in [5.74, 6) is 1.85. The SMILES string of the molecule is COC1=C2[C@@H]3CC[C@H](O)[C@@]3(C)CC[C@@H]2[C@@]2(C)C=C[C@H](O)CC2=C1. The van der Waals surface area contributed by atoms with E-state index >= 15 is 0 Å². The highest BCUT2D eigenvalue weighted by Crippen LogP contribution is 2.63. The number of methoxy groups -OCH3 is 1. The molecule has 4 rings (SSSR count). The molecule has 0 heterocycles. The molecule has 2 N–H and O–H groups in total. The Morgan fingerprint density at radius 3 is 2.65 bits per heavy atom. The lowest BCUT2D eigenvalue weighted by Crippen LogP contribution is -2.46. The van der Waals surface area contributed by atoms with E-state index in [1.165, 1.54) is 11.1 Å². The number of aliphatic hydroxyl groups excluding tert-OH is 2. The molecule has 126 valence electrons. The monoisotopic (exact) mass is 316 g/mol. The standard InChI is InChI=1S/C20H28O3/c1-19-8-6-13(21)10-12(19)11-16(23-3)18-14-4-5-17(22)20(14,2)9-7-15(18)19/h6,8,11,13-15,17,21-22H,4-5,7,9-10H2,1-3H3/t13-,14-,15-,17-,19-,20-/m0/s1. The highest BCUT2D eigenvalue weighted by atomic mass is 16.5. The number of hydrogen-bond acceptors (Lipinski definition) is 3. The fourth-order valence-electron chi connectivity index (χ4n) is 5.79. The molecule has 3 nitrogen and oxygen atoms in total. The average molecular weight is 316 g/mol. The molecule has 4 aliphatic carbocycles. The summed E-state index contributed by atoms with van der Waals surface area (Å²) >= 11 is 0. The fraction of sp³-hybridized carbons (Fsp3) is 0.700. The van der Waals surface area contributed by atoms with Gasteiger partial charge in [-0.3, -0.25) is 0 Å². The van der Waals surface area contributed by atoms with Gasteiger partial charge in [0.25, 0.3) is 0 Å². The van der Waals surface area contributed by atoms with Gasteiger partial charge in [-0.2, -0.15) is 0 Å². The Morgan fingerprint density at radius 2 is 1.91 bits per heavy atom. The van der Waals surface area contributed by atoms with Crippen molar-refractivity contribution < 1.29 is 14.9 Å². The van der Waals surface area contributed by atoms with Crippen molar-refractivity contribution in [2.24, 2.45) is 22.7 Å². The van der Waals surface area contributed by atoms with Crippen LogP contribution in [-0.4, -0.2) is 29.5 Å². The van der Waals surface area contributed by atoms with Crippen molar-refractivity contribution in [3.63, 3.8) is 0 Å². The van der Waals surface area contributed by atoms with Gasteiger partial charge in [0.2, 0.25) is 0 Å². The van der Waals surface area contributed by atoms with Gasteiger partial charge in [0.15, 0.2) is 0 Å². The molecular formula is C20H28O3. The molecule has 0 aromatic carbocycles. The summed E-state index contributed by atoms with van der Waals surface area (Å²) in [5.41, 5.74) is 2.70. The summed E-state index contributed by atoms with van der Waals surface area (Å²) < 4.78 is 5.79. The van der Waals surface area contributed by atoms with Gasteiger partial charge in [0.1, 0.15) is 5.76 Å². The van der Waals surface area contributed by atoms with Gasteiger partial charge < -0.3 is 14.9 Å². The van der Waals surface area contributed by atoms with E-state index in [9.17, 15) is 10.2 Å². The largest absolute Gasteiger partial charge is 0.497 e. The minimum Gasteiger partial charge on any atom is -0.497 e. The number of fused-ring (bicyclic) bond motifs is 5. The second-order valence-electron chi connectivity index (χ2n) is 8.35. The summed E-state index contributed by atoms with van der Waals surface area (Å²) in [6, 6.07) is 0. The quantitative estimate of drug-likeness (QED) is 0.730. The number of ether oxygens (including phenoxy) is 1. The third-order valence-electron chi connectivity index (χ3n) is 7.33. The molecule has 0 aromatic heterocycles. The molecule has 0 aromatic rings. The first-order chi connectivity index (χ1) is 10.9. The van der Waals surface area contributed by atoms with Crippen LogP contribution in [0.3, 0.4) is 0 Å². The molecule has 0 spiro atoms. The van der Waals surface area contributed by atoms with Gasteiger partial charge in [-0.25, -0.2) is 0 Å². The molecule has 2 fully saturated rings. The van der Waals surface area contributed by atoms with Crippen LogP contribution >= 0.6 is 0 Å². The van der Waals surface area contributed by atoms with E-state index in [-0.39, 0.29) is 23.0 Å². The van der Waals surface area contributed by atoms with Crippen LogP contribution in [0.25, 0.3) is 0 Å². The maximum absolute atomic E-state index is 10.5. The Kier molecular flexibility index (Phi) is 3.34. The summed E-state index contributed by atoms with van der Waals surface area (Å²) in [7, 11) is 1.76. The van der Waals surface area contributed by atoms with E-state index in [1.807, 2.05) is 6.08 Å². The molecule has 0 aliphatic heterocycles. The van der Waals surface area contributed by atoms with Crippen molar-refractivity contribution in [1.82, 2.24) is 0 Å². The zero-order valence-corrected chi connectivity index (χ0v) is 14.4. The second-order valence-corrected chi connectivity index (χ2v) is 8.35. The number of allylic oxidation sites excluding steroid dienone is 3. The minimum atomic E-state index is -0.379. The topological polar surface area (TPSA) is 49.7 Å². The molecule has 0 saturated heterocycles. The normalized spacial score (nSPS) is 48.5. The van der Waals surface area contributed by atoms with Gasteiger partial charge in [0.05, 0.1) is 19.3 Å². The lowest BCUT2D eigenvalue weighted by molar-refractivity contribution is 0.00948. The van der Waals surface area contributed by atoms with Crippen molar-refractivity contribution in [3.8, 4) is 0 Å². The van der Waals surface area contributed by atoms with E-state index in [0.29, 0.717) is 18.3 Å². The highest BCUT2D eigenvalue weighted by Gasteiger charge is 2.57. The maximum Gasteiger partial charge on any atom is 0.118 e. The maximum atomic E-state index is 10.5. The predicted octanol–water partition coefficient (Wildman–Crippen LogP) is 3.34. The fourth-order valence-corrected chi connectivity index (χ4v) is 5.79. The Bertz CT molecular complexity index is 616. The summed E-state index contributed by atoms with van der Waals surface area (Å²) in [4.78, 5) is 0. The third-order valence-corrected chi connectivity index (χ3v) is 7.33. The van der Waals surface area contributed by atoms with Gasteiger partial charge in [0, 0.05) is 10.8 Å². The van der Waals surface area contributed by atoms with E-state index in [2.05, 4.69) is 26.0 Å². The van der Waals surface area contributed by atoms with Crippen molar-refractivity contribution in [2.75, 3.05) is 7.11 Å². The van der Waals surface area contributed by atoms with Crippen LogP contribution in [0.2, 0.25) is 0 Å². The first kappa shape index (κ1) is 15.5. The van der Waals surface area contributed by atoms with Gasteiger partial charge >= 0.3 is 0 Å². The lowest BCUT2D eigenvalue weighted by atomic mass is 9.52. The van der Waals surface area contributed by atoms with Crippen molar-refractivity contribution in [2.45, 2.75) is 58.2 Å². The number of rotatable bonds is 1. The van der Waals surface area contributed by atoms with Crippen LogP contribution < -0.4 is 0 Å². The molecule has 23 heavy (non-hydrogen) atoms. The van der Waals surface area contributed by atoms with Crippen LogP contribution in [0, 0.1) is 22.7 Å². The van der Waals surface area contributed by atoms with Crippen molar-refractivity contribution in [1.29, 1.82) is 0 Å². The van der Waals surface area contributed by atoms with E-state index in [4.69, 9.17) is 4.74 Å². The molecule has 0 bridgehead atoms. The minimum absolute atomic E-state index is 0.00475. The van der Waals surface area contributed by atoms with Crippen LogP contribution in [0.4, 0.5) is 0 Å². The zero-order valence-electron chi connectivity index (χ0n) is 14.4. The Balaban J connectivity index is 1.86. The zero-order chi connectivity index (χ0) is 16.4. The predicted molar refractivity (Wildman–Crippen MR) is 89.6 cm³/mol. The number of aliphatic hydroxyl groups is 2. The van der Waals surface area contributed by atoms with Crippen molar-refractivity contribution in [3.05, 3.63) is 35.1 Å². The van der Waals surface area contributed by atoms with Crippen LogP contribution in [-0.2, 0) is 4.74 Å².